The molecular weight excluding hydrogens is 188 g/mol. The summed E-state index contributed by atoms with van der Waals surface area (Å²) >= 11 is 0. The zero-order valence-corrected chi connectivity index (χ0v) is 7.90. The van der Waals surface area contributed by atoms with Gasteiger partial charge in [-0.2, -0.15) is 5.10 Å². The molecule has 3 nitrogen and oxygen atoms in total. The number of aromatic nitrogens is 2. The first kappa shape index (κ1) is 8.17. The smallest absolute Gasteiger partial charge is 0.264 e. The Hall–Kier alpha value is -2.16. The molecule has 0 aliphatic rings. The Labute approximate surface area is 85.4 Å². The van der Waals surface area contributed by atoms with Gasteiger partial charge in [0.05, 0.1) is 5.52 Å². The number of aromatic amines is 1. The number of benzene rings is 1. The molecule has 0 fully saturated rings. The number of nitrogens with zero attached hydrogens (tertiary/aromatic N) is 1. The van der Waals surface area contributed by atoms with Crippen LogP contribution in [0, 0.1) is 0 Å². The fraction of sp³-hybridized carbons (Fsp3) is 0. The molecule has 0 aliphatic heterocycles. The summed E-state index contributed by atoms with van der Waals surface area (Å²) in [6.07, 6.45) is 0. The highest BCUT2D eigenvalue weighted by Gasteiger charge is 2.00. The molecule has 0 spiro atoms. The Morgan fingerprint density at radius 2 is 1.73 bits per heavy atom. The molecule has 3 heteroatoms. The highest BCUT2D eigenvalue weighted by Crippen LogP contribution is 2.22. The quantitative estimate of drug-likeness (QED) is 0.598. The van der Waals surface area contributed by atoms with Gasteiger partial charge in [0.2, 0.25) is 0 Å². The summed E-state index contributed by atoms with van der Waals surface area (Å²) in [6.45, 7) is 0. The topological polar surface area (TPSA) is 45.8 Å². The van der Waals surface area contributed by atoms with E-state index in [9.17, 15) is 4.79 Å². The summed E-state index contributed by atoms with van der Waals surface area (Å²) in [5.74, 6) is 0. The summed E-state index contributed by atoms with van der Waals surface area (Å²) < 4.78 is 0. The maximum absolute atomic E-state index is 11.1. The van der Waals surface area contributed by atoms with Gasteiger partial charge >= 0.3 is 0 Å². The third-order valence-corrected chi connectivity index (χ3v) is 2.51. The first-order chi connectivity index (χ1) is 7.34. The molecule has 72 valence electrons. The lowest BCUT2D eigenvalue weighted by atomic mass is 10.1. The van der Waals surface area contributed by atoms with Crippen molar-refractivity contribution >= 4 is 21.7 Å². The van der Waals surface area contributed by atoms with Gasteiger partial charge in [-0.05, 0) is 11.5 Å². The van der Waals surface area contributed by atoms with E-state index in [0.29, 0.717) is 0 Å². The summed E-state index contributed by atoms with van der Waals surface area (Å²) in [5, 5.41) is 9.76. The monoisotopic (exact) mass is 196 g/mol. The van der Waals surface area contributed by atoms with Gasteiger partial charge in [0.25, 0.3) is 5.56 Å². The van der Waals surface area contributed by atoms with Crippen LogP contribution in [0.25, 0.3) is 21.7 Å². The normalized spacial score (nSPS) is 10.9. The molecule has 0 radical (unpaired) electrons. The fourth-order valence-electron chi connectivity index (χ4n) is 1.78. The van der Waals surface area contributed by atoms with Crippen molar-refractivity contribution in [2.75, 3.05) is 0 Å². The van der Waals surface area contributed by atoms with Gasteiger partial charge in [0.15, 0.2) is 0 Å². The number of rotatable bonds is 0. The van der Waals surface area contributed by atoms with Crippen LogP contribution in [0.4, 0.5) is 0 Å². The van der Waals surface area contributed by atoms with Crippen LogP contribution < -0.4 is 5.56 Å². The Morgan fingerprint density at radius 1 is 0.933 bits per heavy atom. The van der Waals surface area contributed by atoms with Crippen molar-refractivity contribution < 1.29 is 0 Å². The minimum absolute atomic E-state index is 0.189. The van der Waals surface area contributed by atoms with Crippen molar-refractivity contribution in [3.63, 3.8) is 0 Å². The van der Waals surface area contributed by atoms with E-state index in [2.05, 4.69) is 10.2 Å². The van der Waals surface area contributed by atoms with E-state index in [0.717, 1.165) is 21.7 Å². The van der Waals surface area contributed by atoms with Crippen molar-refractivity contribution in [3.8, 4) is 0 Å². The van der Waals surface area contributed by atoms with E-state index >= 15 is 0 Å². The molecule has 0 saturated carbocycles. The van der Waals surface area contributed by atoms with E-state index in [-0.39, 0.29) is 5.56 Å². The van der Waals surface area contributed by atoms with Gasteiger partial charge in [-0.1, -0.05) is 30.3 Å². The average molecular weight is 196 g/mol. The standard InChI is InChI=1S/C12H8N2O/c15-11-7-6-9-5-4-8-2-1-3-10(8)12(9)14-13-11/h1-7H,(H,13,15). The third-order valence-electron chi connectivity index (χ3n) is 2.51. The number of fused-ring (bicyclic) bond motifs is 3. The van der Waals surface area contributed by atoms with Crippen molar-refractivity contribution in [3.05, 3.63) is 52.8 Å². The van der Waals surface area contributed by atoms with Crippen LogP contribution in [0.3, 0.4) is 0 Å². The first-order valence-electron chi connectivity index (χ1n) is 4.72. The molecule has 0 saturated heterocycles. The molecular formula is C12H8N2O. The zero-order chi connectivity index (χ0) is 10.3. The summed E-state index contributed by atoms with van der Waals surface area (Å²) in [6, 6.07) is 13.3. The second kappa shape index (κ2) is 2.92. The van der Waals surface area contributed by atoms with Crippen molar-refractivity contribution in [2.45, 2.75) is 0 Å². The van der Waals surface area contributed by atoms with Crippen LogP contribution in [0.15, 0.2) is 47.3 Å². The molecule has 2 aromatic carbocycles. The molecule has 3 aromatic rings. The lowest BCUT2D eigenvalue weighted by Gasteiger charge is -1.93. The van der Waals surface area contributed by atoms with Crippen LogP contribution in [-0.2, 0) is 0 Å². The molecule has 1 heterocycles. The van der Waals surface area contributed by atoms with Crippen molar-refractivity contribution in [1.29, 1.82) is 0 Å². The van der Waals surface area contributed by atoms with Gasteiger partial charge in [0.1, 0.15) is 0 Å². The predicted octanol–water partition coefficient (Wildman–Crippen LogP) is 2.08. The minimum Gasteiger partial charge on any atom is -0.268 e. The lowest BCUT2D eigenvalue weighted by Crippen LogP contribution is -1.99. The van der Waals surface area contributed by atoms with E-state index in [1.165, 1.54) is 6.07 Å². The van der Waals surface area contributed by atoms with Crippen LogP contribution >= 0.6 is 0 Å². The van der Waals surface area contributed by atoms with Gasteiger partial charge in [-0.15, -0.1) is 0 Å². The largest absolute Gasteiger partial charge is 0.268 e. The zero-order valence-electron chi connectivity index (χ0n) is 7.90. The van der Waals surface area contributed by atoms with Crippen molar-refractivity contribution in [2.24, 2.45) is 0 Å². The van der Waals surface area contributed by atoms with Crippen LogP contribution in [0.1, 0.15) is 0 Å². The summed E-state index contributed by atoms with van der Waals surface area (Å²) in [7, 11) is 0. The average Bonchev–Trinajstić information content (AvgIpc) is 2.64. The van der Waals surface area contributed by atoms with Gasteiger partial charge in [0, 0.05) is 16.8 Å². The van der Waals surface area contributed by atoms with E-state index in [1.807, 2.05) is 30.3 Å². The minimum atomic E-state index is -0.189. The molecule has 0 unspecified atom stereocenters. The molecule has 0 atom stereocenters. The highest BCUT2D eigenvalue weighted by molar-refractivity contribution is 6.05. The Kier molecular flexibility index (Phi) is 1.59. The number of nitrogens with one attached hydrogen (secondary N) is 1. The van der Waals surface area contributed by atoms with Gasteiger partial charge < -0.3 is 0 Å². The van der Waals surface area contributed by atoms with E-state index in [1.54, 1.807) is 6.07 Å². The van der Waals surface area contributed by atoms with Crippen molar-refractivity contribution in [1.82, 2.24) is 10.2 Å². The Morgan fingerprint density at radius 3 is 2.67 bits per heavy atom. The SMILES string of the molecule is O=c1ccc2ccc3cccc3c2n[nH]1. The van der Waals surface area contributed by atoms with Crippen LogP contribution in [0.2, 0.25) is 0 Å². The second-order valence-corrected chi connectivity index (χ2v) is 3.45. The summed E-state index contributed by atoms with van der Waals surface area (Å²) in [5.41, 5.74) is 0.644. The molecule has 0 bridgehead atoms. The lowest BCUT2D eigenvalue weighted by molar-refractivity contribution is 1.05. The van der Waals surface area contributed by atoms with Gasteiger partial charge in [-0.3, -0.25) is 4.79 Å². The number of hydrogen-bond acceptors (Lipinski definition) is 2. The van der Waals surface area contributed by atoms with Crippen LogP contribution in [0.5, 0.6) is 0 Å². The van der Waals surface area contributed by atoms with Crippen LogP contribution in [-0.4, -0.2) is 10.2 Å². The Balaban J connectivity index is 2.63. The van der Waals surface area contributed by atoms with E-state index in [4.69, 9.17) is 0 Å². The molecule has 15 heavy (non-hydrogen) atoms. The number of H-pyrrole nitrogens is 1. The van der Waals surface area contributed by atoms with Gasteiger partial charge in [-0.25, -0.2) is 5.10 Å². The predicted molar refractivity (Wildman–Crippen MR) is 59.9 cm³/mol. The molecule has 1 N–H and O–H groups in total. The maximum atomic E-state index is 11.1. The van der Waals surface area contributed by atoms with E-state index < -0.39 is 0 Å². The molecule has 1 aromatic heterocycles. The second-order valence-electron chi connectivity index (χ2n) is 3.45. The highest BCUT2D eigenvalue weighted by atomic mass is 16.1. The maximum Gasteiger partial charge on any atom is 0.264 e. The fourth-order valence-corrected chi connectivity index (χ4v) is 1.78. The molecule has 0 aliphatic carbocycles. The number of hydrogen-bond donors (Lipinski definition) is 1. The molecule has 3 rings (SSSR count). The Bertz CT molecular complexity index is 700. The first-order valence-corrected chi connectivity index (χ1v) is 4.72. The molecule has 0 amide bonds. The third kappa shape index (κ3) is 1.21. The summed E-state index contributed by atoms with van der Waals surface area (Å²) in [4.78, 5) is 11.1.